The monoisotopic (exact) mass is 356 g/mol. The second-order valence-corrected chi connectivity index (χ2v) is 6.95. The summed E-state index contributed by atoms with van der Waals surface area (Å²) in [6.45, 7) is 4.04. The third kappa shape index (κ3) is 4.06. The fraction of sp³-hybridized carbons (Fsp3) is 0.278. The molecule has 0 saturated heterocycles. The van der Waals surface area contributed by atoms with Gasteiger partial charge in [-0.2, -0.15) is 4.98 Å². The number of nitrogens with one attached hydrogen (secondary N) is 1. The van der Waals surface area contributed by atoms with Gasteiger partial charge in [-0.3, -0.25) is 4.79 Å². The Kier molecular flexibility index (Phi) is 5.14. The molecule has 0 bridgehead atoms. The molecule has 0 unspecified atom stereocenters. The van der Waals surface area contributed by atoms with Crippen LogP contribution in [0.15, 0.2) is 41.8 Å². The summed E-state index contributed by atoms with van der Waals surface area (Å²) in [5.74, 6) is 1.07. The van der Waals surface area contributed by atoms with E-state index in [4.69, 9.17) is 4.74 Å². The Morgan fingerprint density at radius 1 is 1.28 bits per heavy atom. The number of amides is 1. The fourth-order valence-electron chi connectivity index (χ4n) is 2.39. The van der Waals surface area contributed by atoms with E-state index in [2.05, 4.69) is 15.4 Å². The first kappa shape index (κ1) is 17.2. The first-order valence-corrected chi connectivity index (χ1v) is 8.90. The standard InChI is InChI=1S/C18H20N4O2S/c1-12(2)11-16(23)19-13-6-8-14(9-7-13)22-17(15-5-4-10-25-15)20-18(21-22)24-3/h4-10,12H,11H2,1-3H3,(H,19,23). The van der Waals surface area contributed by atoms with E-state index >= 15 is 0 Å². The lowest BCUT2D eigenvalue weighted by molar-refractivity contribution is -0.116. The third-order valence-corrected chi connectivity index (χ3v) is 4.37. The van der Waals surface area contributed by atoms with Gasteiger partial charge in [0.05, 0.1) is 17.7 Å². The maximum Gasteiger partial charge on any atom is 0.336 e. The molecule has 0 aliphatic rings. The van der Waals surface area contributed by atoms with E-state index in [1.807, 2.05) is 55.6 Å². The minimum absolute atomic E-state index is 0.0180. The summed E-state index contributed by atoms with van der Waals surface area (Å²) in [6, 6.07) is 11.8. The van der Waals surface area contributed by atoms with E-state index in [0.29, 0.717) is 18.3 Å². The number of carbonyl (C=O) groups is 1. The molecule has 3 rings (SSSR count). The van der Waals surface area contributed by atoms with Crippen molar-refractivity contribution in [2.24, 2.45) is 5.92 Å². The van der Waals surface area contributed by atoms with Crippen LogP contribution in [0, 0.1) is 5.92 Å². The van der Waals surface area contributed by atoms with Gasteiger partial charge in [0.15, 0.2) is 5.82 Å². The minimum atomic E-state index is 0.0180. The third-order valence-electron chi connectivity index (χ3n) is 3.50. The fourth-order valence-corrected chi connectivity index (χ4v) is 3.09. The zero-order valence-corrected chi connectivity index (χ0v) is 15.2. The Balaban J connectivity index is 1.85. The SMILES string of the molecule is COc1nc(-c2cccs2)n(-c2ccc(NC(=O)CC(C)C)cc2)n1. The van der Waals surface area contributed by atoms with E-state index in [0.717, 1.165) is 22.1 Å². The largest absolute Gasteiger partial charge is 0.466 e. The smallest absolute Gasteiger partial charge is 0.336 e. The van der Waals surface area contributed by atoms with Crippen LogP contribution in [0.1, 0.15) is 20.3 Å². The molecule has 1 aromatic carbocycles. The molecule has 0 fully saturated rings. The number of anilines is 1. The van der Waals surface area contributed by atoms with Gasteiger partial charge in [-0.25, -0.2) is 4.68 Å². The molecule has 6 nitrogen and oxygen atoms in total. The summed E-state index contributed by atoms with van der Waals surface area (Å²) in [7, 11) is 1.55. The number of carbonyl (C=O) groups excluding carboxylic acids is 1. The normalized spacial score (nSPS) is 10.9. The van der Waals surface area contributed by atoms with Crippen LogP contribution in [0.25, 0.3) is 16.4 Å². The lowest BCUT2D eigenvalue weighted by Crippen LogP contribution is -2.13. The van der Waals surface area contributed by atoms with Crippen molar-refractivity contribution in [1.82, 2.24) is 14.8 Å². The molecule has 0 radical (unpaired) electrons. The molecule has 130 valence electrons. The van der Waals surface area contributed by atoms with Crippen LogP contribution >= 0.6 is 11.3 Å². The highest BCUT2D eigenvalue weighted by molar-refractivity contribution is 7.13. The molecule has 0 atom stereocenters. The van der Waals surface area contributed by atoms with Crippen LogP contribution in [0.5, 0.6) is 6.01 Å². The molecule has 0 aliphatic carbocycles. The van der Waals surface area contributed by atoms with Gasteiger partial charge in [0.1, 0.15) is 0 Å². The highest BCUT2D eigenvalue weighted by atomic mass is 32.1. The van der Waals surface area contributed by atoms with Gasteiger partial charge >= 0.3 is 6.01 Å². The van der Waals surface area contributed by atoms with E-state index < -0.39 is 0 Å². The van der Waals surface area contributed by atoms with E-state index in [9.17, 15) is 4.79 Å². The molecule has 1 amide bonds. The number of rotatable bonds is 6. The summed E-state index contributed by atoms with van der Waals surface area (Å²) < 4.78 is 6.91. The van der Waals surface area contributed by atoms with Crippen LogP contribution in [0.4, 0.5) is 5.69 Å². The Hall–Kier alpha value is -2.67. The van der Waals surface area contributed by atoms with Gasteiger partial charge in [0.2, 0.25) is 5.91 Å². The quantitative estimate of drug-likeness (QED) is 0.725. The second kappa shape index (κ2) is 7.48. The van der Waals surface area contributed by atoms with Crippen LogP contribution in [-0.4, -0.2) is 27.8 Å². The number of methoxy groups -OCH3 is 1. The zero-order chi connectivity index (χ0) is 17.8. The Morgan fingerprint density at radius 2 is 2.04 bits per heavy atom. The molecule has 2 aromatic heterocycles. The summed E-state index contributed by atoms with van der Waals surface area (Å²) in [5.41, 5.74) is 1.61. The van der Waals surface area contributed by atoms with Crippen LogP contribution in [0.2, 0.25) is 0 Å². The summed E-state index contributed by atoms with van der Waals surface area (Å²) >= 11 is 1.59. The number of aromatic nitrogens is 3. The number of nitrogens with zero attached hydrogens (tertiary/aromatic N) is 3. The lowest BCUT2D eigenvalue weighted by atomic mass is 10.1. The van der Waals surface area contributed by atoms with Crippen molar-refractivity contribution < 1.29 is 9.53 Å². The van der Waals surface area contributed by atoms with E-state index in [1.54, 1.807) is 23.1 Å². The topological polar surface area (TPSA) is 69.0 Å². The van der Waals surface area contributed by atoms with Crippen molar-refractivity contribution in [2.75, 3.05) is 12.4 Å². The van der Waals surface area contributed by atoms with Crippen LogP contribution in [0.3, 0.4) is 0 Å². The minimum Gasteiger partial charge on any atom is -0.466 e. The number of ether oxygens (including phenoxy) is 1. The predicted molar refractivity (Wildman–Crippen MR) is 99.3 cm³/mol. The van der Waals surface area contributed by atoms with Crippen molar-refractivity contribution in [1.29, 1.82) is 0 Å². The molecule has 3 aromatic rings. The number of thiophene rings is 1. The summed E-state index contributed by atoms with van der Waals surface area (Å²) in [6.07, 6.45) is 0.505. The number of benzene rings is 1. The maximum absolute atomic E-state index is 11.9. The van der Waals surface area contributed by atoms with Gasteiger partial charge in [0.25, 0.3) is 0 Å². The van der Waals surface area contributed by atoms with Crippen molar-refractivity contribution >= 4 is 22.9 Å². The number of hydrogen-bond acceptors (Lipinski definition) is 5. The van der Waals surface area contributed by atoms with Crippen LogP contribution in [-0.2, 0) is 4.79 Å². The van der Waals surface area contributed by atoms with Gasteiger partial charge in [0, 0.05) is 12.1 Å². The first-order chi connectivity index (χ1) is 12.1. The molecule has 2 heterocycles. The molecule has 25 heavy (non-hydrogen) atoms. The highest BCUT2D eigenvalue weighted by Gasteiger charge is 2.15. The van der Waals surface area contributed by atoms with Crippen molar-refractivity contribution in [3.05, 3.63) is 41.8 Å². The van der Waals surface area contributed by atoms with Crippen molar-refractivity contribution in [2.45, 2.75) is 20.3 Å². The van der Waals surface area contributed by atoms with Gasteiger partial charge in [-0.15, -0.1) is 16.4 Å². The van der Waals surface area contributed by atoms with Gasteiger partial charge in [-0.05, 0) is 41.6 Å². The molecular weight excluding hydrogens is 336 g/mol. The summed E-state index contributed by atoms with van der Waals surface area (Å²) in [5, 5.41) is 9.29. The Labute approximate surface area is 150 Å². The van der Waals surface area contributed by atoms with Gasteiger partial charge < -0.3 is 10.1 Å². The molecule has 7 heteroatoms. The van der Waals surface area contributed by atoms with Crippen molar-refractivity contribution in [3.63, 3.8) is 0 Å². The molecule has 1 N–H and O–H groups in total. The lowest BCUT2D eigenvalue weighted by Gasteiger charge is -2.09. The zero-order valence-electron chi connectivity index (χ0n) is 14.4. The molecular formula is C18H20N4O2S. The van der Waals surface area contributed by atoms with Crippen molar-refractivity contribution in [3.8, 4) is 22.4 Å². The van der Waals surface area contributed by atoms with E-state index in [-0.39, 0.29) is 5.91 Å². The predicted octanol–water partition coefficient (Wildman–Crippen LogP) is 3.99. The van der Waals surface area contributed by atoms with Crippen LogP contribution < -0.4 is 10.1 Å². The molecule has 0 aliphatic heterocycles. The molecule has 0 saturated carbocycles. The van der Waals surface area contributed by atoms with E-state index in [1.165, 1.54) is 0 Å². The average Bonchev–Trinajstić information content (AvgIpc) is 3.24. The average molecular weight is 356 g/mol. The number of hydrogen-bond donors (Lipinski definition) is 1. The van der Waals surface area contributed by atoms with Gasteiger partial charge in [-0.1, -0.05) is 19.9 Å². The first-order valence-electron chi connectivity index (χ1n) is 8.02. The Morgan fingerprint density at radius 3 is 2.64 bits per heavy atom. The highest BCUT2D eigenvalue weighted by Crippen LogP contribution is 2.27. The Bertz CT molecular complexity index is 839. The maximum atomic E-state index is 11.9. The second-order valence-electron chi connectivity index (χ2n) is 6.00. The summed E-state index contributed by atoms with van der Waals surface area (Å²) in [4.78, 5) is 17.3. The molecule has 0 spiro atoms.